The molecule has 0 atom stereocenters. The van der Waals surface area contributed by atoms with E-state index in [0.29, 0.717) is 37.1 Å². The number of nitrogens with one attached hydrogen (secondary N) is 1. The van der Waals surface area contributed by atoms with E-state index in [-0.39, 0.29) is 47.0 Å². The van der Waals surface area contributed by atoms with Crippen molar-refractivity contribution in [1.82, 2.24) is 25.1 Å². The van der Waals surface area contributed by atoms with Gasteiger partial charge in [-0.1, -0.05) is 0 Å². The van der Waals surface area contributed by atoms with Crippen LogP contribution in [0.4, 0.5) is 0 Å². The van der Waals surface area contributed by atoms with Crippen LogP contribution < -0.4 is 5.32 Å². The highest BCUT2D eigenvalue weighted by molar-refractivity contribution is 6.22. The van der Waals surface area contributed by atoms with Crippen molar-refractivity contribution in [1.29, 1.82) is 0 Å². The third kappa shape index (κ3) is 3.90. The van der Waals surface area contributed by atoms with Gasteiger partial charge in [-0.3, -0.25) is 29.1 Å². The van der Waals surface area contributed by atoms with Crippen LogP contribution >= 0.6 is 0 Å². The van der Waals surface area contributed by atoms with E-state index >= 15 is 0 Å². The third-order valence-corrected chi connectivity index (χ3v) is 5.59. The molecule has 9 heteroatoms. The van der Waals surface area contributed by atoms with Crippen molar-refractivity contribution in [3.05, 3.63) is 59.2 Å². The molecule has 1 aromatic carbocycles. The van der Waals surface area contributed by atoms with Crippen molar-refractivity contribution in [2.24, 2.45) is 0 Å². The Labute approximate surface area is 179 Å². The van der Waals surface area contributed by atoms with Crippen LogP contribution in [0.25, 0.3) is 0 Å². The molecule has 1 fully saturated rings. The van der Waals surface area contributed by atoms with Gasteiger partial charge in [0.05, 0.1) is 17.3 Å². The van der Waals surface area contributed by atoms with E-state index in [1.54, 1.807) is 30.9 Å². The molecule has 1 N–H and O–H groups in total. The molecule has 1 aromatic heterocycles. The van der Waals surface area contributed by atoms with Crippen molar-refractivity contribution in [3.63, 3.8) is 0 Å². The number of nitrogens with zero attached hydrogens (tertiary/aromatic N) is 4. The van der Waals surface area contributed by atoms with Crippen LogP contribution in [-0.4, -0.2) is 68.6 Å². The summed E-state index contributed by atoms with van der Waals surface area (Å²) in [5, 5.41) is 2.93. The summed E-state index contributed by atoms with van der Waals surface area (Å²) in [5.74, 6) is -1.16. The van der Waals surface area contributed by atoms with E-state index < -0.39 is 0 Å². The first-order chi connectivity index (χ1) is 14.9. The van der Waals surface area contributed by atoms with Gasteiger partial charge in [-0.2, -0.15) is 0 Å². The maximum Gasteiger partial charge on any atom is 0.271 e. The summed E-state index contributed by atoms with van der Waals surface area (Å²) < 4.78 is 0. The zero-order valence-electron chi connectivity index (χ0n) is 17.4. The van der Waals surface area contributed by atoms with Crippen LogP contribution in [0.15, 0.2) is 36.8 Å². The van der Waals surface area contributed by atoms with Crippen molar-refractivity contribution in [3.8, 4) is 0 Å². The van der Waals surface area contributed by atoms with Crippen molar-refractivity contribution >= 4 is 23.6 Å². The first-order valence-electron chi connectivity index (χ1n) is 10.2. The summed E-state index contributed by atoms with van der Waals surface area (Å²) in [5.41, 5.74) is 1.25. The molecule has 0 saturated carbocycles. The second kappa shape index (κ2) is 8.25. The number of benzene rings is 1. The first-order valence-corrected chi connectivity index (χ1v) is 10.2. The molecule has 31 heavy (non-hydrogen) atoms. The predicted molar refractivity (Wildman–Crippen MR) is 111 cm³/mol. The van der Waals surface area contributed by atoms with E-state index in [9.17, 15) is 19.2 Å². The molecule has 2 aliphatic rings. The first kappa shape index (κ1) is 20.6. The van der Waals surface area contributed by atoms with E-state index in [0.717, 1.165) is 0 Å². The predicted octanol–water partition coefficient (Wildman–Crippen LogP) is 1.52. The van der Waals surface area contributed by atoms with Gasteiger partial charge in [-0.15, -0.1) is 0 Å². The number of piperidine rings is 1. The van der Waals surface area contributed by atoms with Crippen LogP contribution in [-0.2, 0) is 0 Å². The number of hydrogen-bond acceptors (Lipinski definition) is 6. The minimum Gasteiger partial charge on any atom is -0.348 e. The van der Waals surface area contributed by atoms with E-state index in [1.165, 1.54) is 29.6 Å². The Balaban J connectivity index is 1.39. The smallest absolute Gasteiger partial charge is 0.271 e. The lowest BCUT2D eigenvalue weighted by Crippen LogP contribution is -2.46. The van der Waals surface area contributed by atoms with Gasteiger partial charge < -0.3 is 10.2 Å². The summed E-state index contributed by atoms with van der Waals surface area (Å²) in [6.07, 6.45) is 5.60. The van der Waals surface area contributed by atoms with Gasteiger partial charge in [0.2, 0.25) is 0 Å². The van der Waals surface area contributed by atoms with Crippen molar-refractivity contribution in [2.45, 2.75) is 38.8 Å². The highest BCUT2D eigenvalue weighted by atomic mass is 16.2. The highest BCUT2D eigenvalue weighted by Gasteiger charge is 2.38. The number of likely N-dealkylation sites (tertiary alicyclic amines) is 1. The van der Waals surface area contributed by atoms with Gasteiger partial charge in [0.15, 0.2) is 0 Å². The minimum absolute atomic E-state index is 0.0580. The molecule has 0 bridgehead atoms. The molecule has 2 aromatic rings. The topological polar surface area (TPSA) is 113 Å². The van der Waals surface area contributed by atoms with Gasteiger partial charge in [0.1, 0.15) is 5.69 Å². The summed E-state index contributed by atoms with van der Waals surface area (Å²) in [4.78, 5) is 61.0. The Morgan fingerprint density at radius 2 is 1.77 bits per heavy atom. The number of imide groups is 1. The van der Waals surface area contributed by atoms with Crippen molar-refractivity contribution < 1.29 is 19.2 Å². The van der Waals surface area contributed by atoms with E-state index in [2.05, 4.69) is 15.3 Å². The number of rotatable bonds is 4. The minimum atomic E-state index is -0.366. The summed E-state index contributed by atoms with van der Waals surface area (Å²) in [6, 6.07) is 4.36. The standard InChI is InChI=1S/C22H23N5O4/c1-13(2)27-21(30)16-4-3-14(11-17(16)22(27)31)20(29)26-9-5-15(6-10-26)25-19(28)18-12-23-7-8-24-18/h3-4,7-8,11-13,15H,5-6,9-10H2,1-2H3,(H,25,28). The second-order valence-electron chi connectivity index (χ2n) is 7.97. The number of hydrogen-bond donors (Lipinski definition) is 1. The van der Waals surface area contributed by atoms with Crippen LogP contribution in [0.3, 0.4) is 0 Å². The fourth-order valence-corrected chi connectivity index (χ4v) is 3.95. The Kier molecular flexibility index (Phi) is 5.50. The van der Waals surface area contributed by atoms with Gasteiger partial charge >= 0.3 is 0 Å². The Hall–Kier alpha value is -3.62. The molecule has 9 nitrogen and oxygen atoms in total. The molecule has 0 unspecified atom stereocenters. The molecule has 4 amide bonds. The lowest BCUT2D eigenvalue weighted by atomic mass is 10.0. The van der Waals surface area contributed by atoms with Gasteiger partial charge in [0, 0.05) is 43.1 Å². The lowest BCUT2D eigenvalue weighted by molar-refractivity contribution is 0.0607. The monoisotopic (exact) mass is 421 g/mol. The van der Waals surface area contributed by atoms with Crippen LogP contribution in [0, 0.1) is 0 Å². The Morgan fingerprint density at radius 3 is 2.42 bits per heavy atom. The molecule has 0 aliphatic carbocycles. The van der Waals surface area contributed by atoms with Crippen molar-refractivity contribution in [2.75, 3.05) is 13.1 Å². The zero-order chi connectivity index (χ0) is 22.1. The SMILES string of the molecule is CC(C)N1C(=O)c2ccc(C(=O)N3CCC(NC(=O)c4cnccn4)CC3)cc2C1=O. The Bertz CT molecular complexity index is 1050. The quantitative estimate of drug-likeness (QED) is 0.749. The fourth-order valence-electron chi connectivity index (χ4n) is 3.95. The summed E-state index contributed by atoms with van der Waals surface area (Å²) in [7, 11) is 0. The molecular formula is C22H23N5O4. The Morgan fingerprint density at radius 1 is 1.06 bits per heavy atom. The number of carbonyl (C=O) groups is 4. The maximum atomic E-state index is 13.0. The lowest BCUT2D eigenvalue weighted by Gasteiger charge is -2.32. The number of fused-ring (bicyclic) bond motifs is 1. The van der Waals surface area contributed by atoms with Gasteiger partial charge in [-0.25, -0.2) is 4.98 Å². The summed E-state index contributed by atoms with van der Waals surface area (Å²) >= 11 is 0. The van der Waals surface area contributed by atoms with Gasteiger partial charge in [-0.05, 0) is 44.9 Å². The average molecular weight is 421 g/mol. The largest absolute Gasteiger partial charge is 0.348 e. The second-order valence-corrected chi connectivity index (χ2v) is 7.97. The molecule has 2 aliphatic heterocycles. The number of carbonyl (C=O) groups excluding carboxylic acids is 4. The molecular weight excluding hydrogens is 398 g/mol. The zero-order valence-corrected chi connectivity index (χ0v) is 17.4. The highest BCUT2D eigenvalue weighted by Crippen LogP contribution is 2.26. The van der Waals surface area contributed by atoms with Crippen LogP contribution in [0.5, 0.6) is 0 Å². The molecule has 0 radical (unpaired) electrons. The number of aromatic nitrogens is 2. The molecule has 3 heterocycles. The van der Waals surface area contributed by atoms with Crippen LogP contribution in [0.2, 0.25) is 0 Å². The van der Waals surface area contributed by atoms with Gasteiger partial charge in [0.25, 0.3) is 23.6 Å². The van der Waals surface area contributed by atoms with E-state index in [4.69, 9.17) is 0 Å². The van der Waals surface area contributed by atoms with E-state index in [1.807, 2.05) is 0 Å². The molecule has 160 valence electrons. The third-order valence-electron chi connectivity index (χ3n) is 5.59. The number of amides is 4. The molecule has 4 rings (SSSR count). The summed E-state index contributed by atoms with van der Waals surface area (Å²) in [6.45, 7) is 4.51. The normalized spacial score (nSPS) is 16.6. The maximum absolute atomic E-state index is 13.0. The molecule has 1 saturated heterocycles. The van der Waals surface area contributed by atoms with Crippen LogP contribution in [0.1, 0.15) is 68.3 Å². The molecule has 0 spiro atoms. The average Bonchev–Trinajstić information content (AvgIpc) is 3.04. The fraction of sp³-hybridized carbons (Fsp3) is 0.364.